The molecular formula is C24H38N4O5S3. The number of aliphatic carboxylic acids is 1. The fourth-order valence-electron chi connectivity index (χ4n) is 3.26. The highest BCUT2D eigenvalue weighted by Gasteiger charge is 2.30. The van der Waals surface area contributed by atoms with Crippen LogP contribution in [0.3, 0.4) is 0 Å². The topological polar surface area (TPSA) is 151 Å². The van der Waals surface area contributed by atoms with Crippen molar-refractivity contribution < 1.29 is 24.3 Å². The Labute approximate surface area is 226 Å². The maximum atomic E-state index is 13.1. The Balaban J connectivity index is 2.93. The van der Waals surface area contributed by atoms with Crippen molar-refractivity contribution in [3.63, 3.8) is 0 Å². The molecule has 0 aliphatic carbocycles. The van der Waals surface area contributed by atoms with Gasteiger partial charge in [-0.15, -0.1) is 0 Å². The van der Waals surface area contributed by atoms with E-state index in [1.54, 1.807) is 36.0 Å². The molecule has 12 heteroatoms. The Hall–Kier alpha value is -1.89. The molecule has 0 spiro atoms. The molecule has 202 valence electrons. The fraction of sp³-hybridized carbons (Fsp3) is 0.583. The Morgan fingerprint density at radius 2 is 1.19 bits per heavy atom. The minimum atomic E-state index is -1.16. The number of carboxylic acid groups (broad SMARTS) is 1. The average molecular weight is 559 g/mol. The predicted octanol–water partition coefficient (Wildman–Crippen LogP) is 1.35. The third-order valence-electron chi connectivity index (χ3n) is 5.35. The molecule has 36 heavy (non-hydrogen) atoms. The lowest BCUT2D eigenvalue weighted by Gasteiger charge is -2.25. The van der Waals surface area contributed by atoms with Gasteiger partial charge in [-0.05, 0) is 60.9 Å². The Morgan fingerprint density at radius 3 is 1.67 bits per heavy atom. The zero-order valence-corrected chi connectivity index (χ0v) is 23.5. The molecule has 0 fully saturated rings. The van der Waals surface area contributed by atoms with Crippen LogP contribution in [0.4, 0.5) is 0 Å². The number of amides is 3. The number of hydrogen-bond donors (Lipinski definition) is 5. The van der Waals surface area contributed by atoms with Gasteiger partial charge in [0.1, 0.15) is 18.1 Å². The first-order chi connectivity index (χ1) is 17.2. The van der Waals surface area contributed by atoms with E-state index in [0.717, 1.165) is 11.3 Å². The smallest absolute Gasteiger partial charge is 0.326 e. The van der Waals surface area contributed by atoms with E-state index >= 15 is 0 Å². The number of nitrogens with one attached hydrogen (secondary N) is 3. The van der Waals surface area contributed by atoms with Crippen LogP contribution in [0.25, 0.3) is 0 Å². The lowest BCUT2D eigenvalue weighted by atomic mass is 10.0. The van der Waals surface area contributed by atoms with E-state index in [1.165, 1.54) is 23.5 Å². The van der Waals surface area contributed by atoms with Gasteiger partial charge >= 0.3 is 5.97 Å². The average Bonchev–Trinajstić information content (AvgIpc) is 2.87. The van der Waals surface area contributed by atoms with Gasteiger partial charge in [-0.1, -0.05) is 30.3 Å². The molecule has 0 aliphatic rings. The first kappa shape index (κ1) is 32.1. The van der Waals surface area contributed by atoms with Gasteiger partial charge in [0.05, 0.1) is 6.04 Å². The minimum Gasteiger partial charge on any atom is -0.480 e. The first-order valence-electron chi connectivity index (χ1n) is 11.6. The molecular weight excluding hydrogens is 520 g/mol. The summed E-state index contributed by atoms with van der Waals surface area (Å²) < 4.78 is 0. The van der Waals surface area contributed by atoms with Crippen LogP contribution in [0, 0.1) is 0 Å². The molecule has 0 heterocycles. The summed E-state index contributed by atoms with van der Waals surface area (Å²) in [7, 11) is 0. The summed E-state index contributed by atoms with van der Waals surface area (Å²) in [4.78, 5) is 50.5. The highest BCUT2D eigenvalue weighted by Crippen LogP contribution is 2.08. The maximum Gasteiger partial charge on any atom is 0.326 e. The summed E-state index contributed by atoms with van der Waals surface area (Å²) in [5.74, 6) is -0.719. The predicted molar refractivity (Wildman–Crippen MR) is 151 cm³/mol. The van der Waals surface area contributed by atoms with Crippen molar-refractivity contribution in [2.75, 3.05) is 36.0 Å². The van der Waals surface area contributed by atoms with E-state index in [-0.39, 0.29) is 6.42 Å². The molecule has 0 radical (unpaired) electrons. The van der Waals surface area contributed by atoms with Gasteiger partial charge in [0, 0.05) is 6.42 Å². The van der Waals surface area contributed by atoms with Crippen LogP contribution in [0.1, 0.15) is 24.8 Å². The number of carbonyl (C=O) groups is 4. The second-order valence-corrected chi connectivity index (χ2v) is 11.1. The third kappa shape index (κ3) is 12.4. The van der Waals surface area contributed by atoms with Crippen molar-refractivity contribution in [1.29, 1.82) is 0 Å². The molecule has 0 bridgehead atoms. The number of carboxylic acids is 1. The molecule has 0 saturated heterocycles. The molecule has 3 amide bonds. The number of carbonyl (C=O) groups excluding carboxylic acids is 3. The Bertz CT molecular complexity index is 831. The summed E-state index contributed by atoms with van der Waals surface area (Å²) in [6.07, 6.45) is 6.99. The summed E-state index contributed by atoms with van der Waals surface area (Å²) in [5, 5.41) is 17.7. The molecule has 0 saturated carbocycles. The number of thioether (sulfide) groups is 3. The van der Waals surface area contributed by atoms with Crippen molar-refractivity contribution in [3.05, 3.63) is 35.9 Å². The van der Waals surface area contributed by atoms with E-state index in [0.29, 0.717) is 30.8 Å². The van der Waals surface area contributed by atoms with Crippen LogP contribution in [0.15, 0.2) is 30.3 Å². The van der Waals surface area contributed by atoms with Crippen LogP contribution in [0.5, 0.6) is 0 Å². The second kappa shape index (κ2) is 18.4. The molecule has 1 rings (SSSR count). The SMILES string of the molecule is CSCCC(N)C(=O)NC(CCSC)C(=O)NC(CCSC)C(=O)NC(Cc1ccccc1)C(=O)O. The number of rotatable bonds is 18. The molecule has 9 nitrogen and oxygen atoms in total. The van der Waals surface area contributed by atoms with E-state index in [9.17, 15) is 24.3 Å². The number of hydrogen-bond acceptors (Lipinski definition) is 8. The van der Waals surface area contributed by atoms with Gasteiger partial charge in [0.25, 0.3) is 0 Å². The third-order valence-corrected chi connectivity index (χ3v) is 7.29. The maximum absolute atomic E-state index is 13.1. The monoisotopic (exact) mass is 558 g/mol. The van der Waals surface area contributed by atoms with E-state index < -0.39 is 47.9 Å². The molecule has 0 aliphatic heterocycles. The number of nitrogens with two attached hydrogens (primary N) is 1. The molecule has 6 N–H and O–H groups in total. The van der Waals surface area contributed by atoms with Crippen LogP contribution in [-0.4, -0.2) is 89.0 Å². The van der Waals surface area contributed by atoms with Crippen molar-refractivity contribution >= 4 is 59.0 Å². The molecule has 0 aromatic heterocycles. The summed E-state index contributed by atoms with van der Waals surface area (Å²) in [6.45, 7) is 0. The standard InChI is InChI=1S/C24H38N4O5S3/c1-34-12-9-17(25)21(29)26-18(10-13-35-2)22(30)27-19(11-14-36-3)23(31)28-20(24(32)33)15-16-7-5-4-6-8-16/h4-8,17-20H,9-15,25H2,1-3H3,(H,26,29)(H,27,30)(H,28,31)(H,32,33). The minimum absolute atomic E-state index is 0.117. The van der Waals surface area contributed by atoms with E-state index in [1.807, 2.05) is 24.8 Å². The normalized spacial score (nSPS) is 14.2. The highest BCUT2D eigenvalue weighted by molar-refractivity contribution is 7.98. The van der Waals surface area contributed by atoms with E-state index in [4.69, 9.17) is 5.73 Å². The van der Waals surface area contributed by atoms with Crippen LogP contribution in [0.2, 0.25) is 0 Å². The Morgan fingerprint density at radius 1 is 0.750 bits per heavy atom. The highest BCUT2D eigenvalue weighted by atomic mass is 32.2. The molecule has 1 aromatic carbocycles. The second-order valence-electron chi connectivity index (χ2n) is 8.16. The Kier molecular flexibility index (Phi) is 16.4. The van der Waals surface area contributed by atoms with Gasteiger partial charge < -0.3 is 26.8 Å². The zero-order valence-electron chi connectivity index (χ0n) is 21.0. The molecule has 1 aromatic rings. The molecule has 4 atom stereocenters. The van der Waals surface area contributed by atoms with Crippen molar-refractivity contribution in [2.24, 2.45) is 5.73 Å². The number of benzene rings is 1. The van der Waals surface area contributed by atoms with Crippen LogP contribution >= 0.6 is 35.3 Å². The van der Waals surface area contributed by atoms with Gasteiger partial charge in [-0.2, -0.15) is 35.3 Å². The van der Waals surface area contributed by atoms with Crippen molar-refractivity contribution in [3.8, 4) is 0 Å². The largest absolute Gasteiger partial charge is 0.480 e. The zero-order chi connectivity index (χ0) is 26.9. The first-order valence-corrected chi connectivity index (χ1v) is 15.8. The van der Waals surface area contributed by atoms with Crippen molar-refractivity contribution in [1.82, 2.24) is 16.0 Å². The van der Waals surface area contributed by atoms with Crippen LogP contribution < -0.4 is 21.7 Å². The lowest BCUT2D eigenvalue weighted by Crippen LogP contribution is -2.57. The van der Waals surface area contributed by atoms with Gasteiger partial charge in [-0.3, -0.25) is 14.4 Å². The molecule has 4 unspecified atom stereocenters. The fourth-order valence-corrected chi connectivity index (χ4v) is 4.69. The van der Waals surface area contributed by atoms with Gasteiger partial charge in [0.2, 0.25) is 17.7 Å². The summed E-state index contributed by atoms with van der Waals surface area (Å²) >= 11 is 4.62. The van der Waals surface area contributed by atoms with Gasteiger partial charge in [0.15, 0.2) is 0 Å². The van der Waals surface area contributed by atoms with Crippen molar-refractivity contribution in [2.45, 2.75) is 49.9 Å². The quantitative estimate of drug-likeness (QED) is 0.180. The summed E-state index contributed by atoms with van der Waals surface area (Å²) in [5.41, 5.74) is 6.73. The van der Waals surface area contributed by atoms with Crippen LogP contribution in [-0.2, 0) is 25.6 Å². The van der Waals surface area contributed by atoms with Gasteiger partial charge in [-0.25, -0.2) is 4.79 Å². The lowest BCUT2D eigenvalue weighted by molar-refractivity contribution is -0.142. The summed E-state index contributed by atoms with van der Waals surface area (Å²) in [6, 6.07) is 5.34. The van der Waals surface area contributed by atoms with E-state index in [2.05, 4.69) is 16.0 Å².